The van der Waals surface area contributed by atoms with E-state index >= 15 is 0 Å². The molecule has 0 radical (unpaired) electrons. The molecule has 0 aromatic carbocycles. The monoisotopic (exact) mass is 178 g/mol. The maximum Gasteiger partial charge on any atom is 0.0307 e. The molecule has 2 rings (SSSR count). The molecular weight excluding hydrogens is 164 g/mol. The quantitative estimate of drug-likeness (QED) is 0.565. The zero-order valence-corrected chi connectivity index (χ0v) is 8.66. The van der Waals surface area contributed by atoms with Gasteiger partial charge in [-0.1, -0.05) is 13.0 Å². The highest BCUT2D eigenvalue weighted by Crippen LogP contribution is 2.38. The predicted molar refractivity (Wildman–Crippen MR) is 55.9 cm³/mol. The molecular formula is C11H14S. The molecule has 0 fully saturated rings. The van der Waals surface area contributed by atoms with E-state index in [-0.39, 0.29) is 0 Å². The first-order valence-electron chi connectivity index (χ1n) is 4.46. The normalized spacial score (nSPS) is 21.1. The van der Waals surface area contributed by atoms with Gasteiger partial charge in [0.25, 0.3) is 0 Å². The lowest BCUT2D eigenvalue weighted by Gasteiger charge is -2.14. The van der Waals surface area contributed by atoms with Crippen LogP contribution in [0.2, 0.25) is 0 Å². The summed E-state index contributed by atoms with van der Waals surface area (Å²) >= 11 is 1.93. The summed E-state index contributed by atoms with van der Waals surface area (Å²) in [5.74, 6) is 0.731. The molecule has 1 unspecified atom stereocenters. The molecule has 0 amide bonds. The van der Waals surface area contributed by atoms with Crippen LogP contribution in [0.4, 0.5) is 0 Å². The van der Waals surface area contributed by atoms with Gasteiger partial charge in [-0.25, -0.2) is 0 Å². The summed E-state index contributed by atoms with van der Waals surface area (Å²) in [4.78, 5) is 2.97. The van der Waals surface area contributed by atoms with E-state index in [2.05, 4.69) is 32.9 Å². The Morgan fingerprint density at radius 2 is 2.17 bits per heavy atom. The SMILES string of the molecule is Cc1sc2c(c1C)C(C)CC=C2. The van der Waals surface area contributed by atoms with Crippen molar-refractivity contribution in [2.75, 3.05) is 0 Å². The molecule has 64 valence electrons. The van der Waals surface area contributed by atoms with Crippen LogP contribution in [0.5, 0.6) is 0 Å². The Hall–Kier alpha value is -0.560. The van der Waals surface area contributed by atoms with E-state index < -0.39 is 0 Å². The zero-order valence-electron chi connectivity index (χ0n) is 7.85. The number of hydrogen-bond donors (Lipinski definition) is 0. The Labute approximate surface area is 77.9 Å². The van der Waals surface area contributed by atoms with Crippen molar-refractivity contribution in [3.05, 3.63) is 27.0 Å². The van der Waals surface area contributed by atoms with E-state index in [1.54, 1.807) is 5.56 Å². The van der Waals surface area contributed by atoms with Gasteiger partial charge < -0.3 is 0 Å². The van der Waals surface area contributed by atoms with Crippen LogP contribution in [0.25, 0.3) is 6.08 Å². The second-order valence-corrected chi connectivity index (χ2v) is 4.86. The van der Waals surface area contributed by atoms with Crippen LogP contribution in [0, 0.1) is 13.8 Å². The number of allylic oxidation sites excluding steroid dienone is 1. The molecule has 0 bridgehead atoms. The molecule has 1 aromatic rings. The first kappa shape index (κ1) is 8.06. The molecule has 0 nitrogen and oxygen atoms in total. The van der Waals surface area contributed by atoms with Crippen molar-refractivity contribution in [1.29, 1.82) is 0 Å². The molecule has 0 saturated carbocycles. The van der Waals surface area contributed by atoms with E-state index in [0.29, 0.717) is 0 Å². The minimum atomic E-state index is 0.731. The highest BCUT2D eigenvalue weighted by atomic mass is 32.1. The Bertz CT molecular complexity index is 331. The summed E-state index contributed by atoms with van der Waals surface area (Å²) in [7, 11) is 0. The number of aryl methyl sites for hydroxylation is 1. The maximum absolute atomic E-state index is 2.32. The molecule has 0 saturated heterocycles. The van der Waals surface area contributed by atoms with E-state index in [4.69, 9.17) is 0 Å². The molecule has 1 aliphatic rings. The van der Waals surface area contributed by atoms with Gasteiger partial charge in [0.05, 0.1) is 0 Å². The largest absolute Gasteiger partial charge is 0.141 e. The third-order valence-electron chi connectivity index (χ3n) is 2.71. The van der Waals surface area contributed by atoms with E-state index in [0.717, 1.165) is 5.92 Å². The highest BCUT2D eigenvalue weighted by molar-refractivity contribution is 7.13. The Kier molecular flexibility index (Phi) is 1.84. The van der Waals surface area contributed by atoms with Gasteiger partial charge in [0, 0.05) is 9.75 Å². The van der Waals surface area contributed by atoms with Gasteiger partial charge in [0.2, 0.25) is 0 Å². The van der Waals surface area contributed by atoms with Crippen LogP contribution in [0.1, 0.15) is 40.1 Å². The van der Waals surface area contributed by atoms with Gasteiger partial charge in [-0.05, 0) is 43.4 Å². The summed E-state index contributed by atoms with van der Waals surface area (Å²) in [5, 5.41) is 0. The van der Waals surface area contributed by atoms with Crippen LogP contribution in [0.15, 0.2) is 6.08 Å². The lowest BCUT2D eigenvalue weighted by Crippen LogP contribution is -1.97. The Morgan fingerprint density at radius 3 is 2.83 bits per heavy atom. The summed E-state index contributed by atoms with van der Waals surface area (Å²) < 4.78 is 0. The van der Waals surface area contributed by atoms with Crippen LogP contribution < -0.4 is 0 Å². The highest BCUT2D eigenvalue weighted by Gasteiger charge is 2.18. The fourth-order valence-corrected chi connectivity index (χ4v) is 3.13. The van der Waals surface area contributed by atoms with Crippen molar-refractivity contribution in [3.63, 3.8) is 0 Å². The summed E-state index contributed by atoms with van der Waals surface area (Å²) in [6.45, 7) is 6.79. The lowest BCUT2D eigenvalue weighted by molar-refractivity contribution is 0.770. The molecule has 1 aromatic heterocycles. The standard InChI is InChI=1S/C11H14S/c1-7-5-4-6-10-11(7)8(2)9(3)12-10/h4,6-7H,5H2,1-3H3. The molecule has 1 aliphatic carbocycles. The minimum absolute atomic E-state index is 0.731. The number of hydrogen-bond acceptors (Lipinski definition) is 1. The third-order valence-corrected chi connectivity index (χ3v) is 3.90. The first-order valence-corrected chi connectivity index (χ1v) is 5.28. The van der Waals surface area contributed by atoms with Gasteiger partial charge in [-0.2, -0.15) is 0 Å². The number of thiophene rings is 1. The average Bonchev–Trinajstić information content (AvgIpc) is 2.29. The zero-order chi connectivity index (χ0) is 8.72. The van der Waals surface area contributed by atoms with Crippen molar-refractivity contribution in [2.45, 2.75) is 33.1 Å². The molecule has 1 heteroatoms. The molecule has 0 spiro atoms. The molecule has 1 heterocycles. The minimum Gasteiger partial charge on any atom is -0.141 e. The molecule has 1 atom stereocenters. The predicted octanol–water partition coefficient (Wildman–Crippen LogP) is 3.89. The summed E-state index contributed by atoms with van der Waals surface area (Å²) in [5.41, 5.74) is 3.12. The third kappa shape index (κ3) is 1.04. The fourth-order valence-electron chi connectivity index (χ4n) is 1.90. The molecule has 0 aliphatic heterocycles. The van der Waals surface area contributed by atoms with Crippen LogP contribution in [-0.4, -0.2) is 0 Å². The molecule has 12 heavy (non-hydrogen) atoms. The van der Waals surface area contributed by atoms with Gasteiger partial charge in [-0.3, -0.25) is 0 Å². The lowest BCUT2D eigenvalue weighted by atomic mass is 9.90. The number of rotatable bonds is 0. The van der Waals surface area contributed by atoms with Crippen molar-refractivity contribution in [3.8, 4) is 0 Å². The summed E-state index contributed by atoms with van der Waals surface area (Å²) in [6, 6.07) is 0. The van der Waals surface area contributed by atoms with Gasteiger partial charge in [0.15, 0.2) is 0 Å². The smallest absolute Gasteiger partial charge is 0.0307 e. The van der Waals surface area contributed by atoms with E-state index in [1.165, 1.54) is 21.7 Å². The van der Waals surface area contributed by atoms with Crippen molar-refractivity contribution >= 4 is 17.4 Å². The van der Waals surface area contributed by atoms with Crippen molar-refractivity contribution in [1.82, 2.24) is 0 Å². The maximum atomic E-state index is 2.32. The topological polar surface area (TPSA) is 0 Å². The first-order chi connectivity index (χ1) is 5.70. The second-order valence-electron chi connectivity index (χ2n) is 3.60. The van der Waals surface area contributed by atoms with Crippen LogP contribution in [0.3, 0.4) is 0 Å². The summed E-state index contributed by atoms with van der Waals surface area (Å²) in [6.07, 6.45) is 5.78. The van der Waals surface area contributed by atoms with E-state index in [1.807, 2.05) is 11.3 Å². The van der Waals surface area contributed by atoms with Gasteiger partial charge >= 0.3 is 0 Å². The van der Waals surface area contributed by atoms with Gasteiger partial charge in [-0.15, -0.1) is 11.3 Å². The number of fused-ring (bicyclic) bond motifs is 1. The Balaban J connectivity index is 2.62. The van der Waals surface area contributed by atoms with Crippen LogP contribution in [-0.2, 0) is 0 Å². The average molecular weight is 178 g/mol. The fraction of sp³-hybridized carbons (Fsp3) is 0.455. The second kappa shape index (κ2) is 2.74. The van der Waals surface area contributed by atoms with Gasteiger partial charge in [0.1, 0.15) is 0 Å². The van der Waals surface area contributed by atoms with Crippen LogP contribution >= 0.6 is 11.3 Å². The van der Waals surface area contributed by atoms with Crippen molar-refractivity contribution < 1.29 is 0 Å². The van der Waals surface area contributed by atoms with Crippen molar-refractivity contribution in [2.24, 2.45) is 0 Å². The molecule has 0 N–H and O–H groups in total. The Morgan fingerprint density at radius 1 is 1.42 bits per heavy atom. The van der Waals surface area contributed by atoms with E-state index in [9.17, 15) is 0 Å².